The van der Waals surface area contributed by atoms with Gasteiger partial charge in [-0.3, -0.25) is 14.2 Å². The van der Waals surface area contributed by atoms with E-state index >= 15 is 0 Å². The lowest BCUT2D eigenvalue weighted by atomic mass is 10.0. The van der Waals surface area contributed by atoms with Crippen LogP contribution in [0.2, 0.25) is 0 Å². The summed E-state index contributed by atoms with van der Waals surface area (Å²) < 4.78 is 45.6. The monoisotopic (exact) mass is 455 g/mol. The van der Waals surface area contributed by atoms with Crippen LogP contribution < -0.4 is 10.3 Å². The summed E-state index contributed by atoms with van der Waals surface area (Å²) in [7, 11) is 0. The number of carbonyl (C=O) groups is 1. The van der Waals surface area contributed by atoms with E-state index in [1.54, 1.807) is 17.2 Å². The fourth-order valence-electron chi connectivity index (χ4n) is 4.43. The Bertz CT molecular complexity index is 1420. The topological polar surface area (TPSA) is 67.3 Å². The molecule has 1 amide bonds. The standard InChI is InChI=1S/C24H20F3N3O3/c25-14-10-20-17(6-7-28-20)21(11-14)30-13-19(22(31)29-8-2-1-3-9-29)16-5-4-15(33-24(26)27)12-18(16)23(30)32/h4-7,10-13,24,28H,1-3,8-9H2. The molecule has 33 heavy (non-hydrogen) atoms. The maximum absolute atomic E-state index is 14.3. The van der Waals surface area contributed by atoms with Gasteiger partial charge in [0.2, 0.25) is 0 Å². The fraction of sp³-hybridized carbons (Fsp3) is 0.250. The summed E-state index contributed by atoms with van der Waals surface area (Å²) >= 11 is 0. The molecule has 0 aliphatic carbocycles. The van der Waals surface area contributed by atoms with Crippen LogP contribution in [0, 0.1) is 5.82 Å². The number of piperidine rings is 1. The van der Waals surface area contributed by atoms with E-state index in [1.807, 2.05) is 0 Å². The Morgan fingerprint density at radius 1 is 1.00 bits per heavy atom. The summed E-state index contributed by atoms with van der Waals surface area (Å²) in [5, 5.41) is 0.938. The van der Waals surface area contributed by atoms with E-state index < -0.39 is 18.0 Å². The van der Waals surface area contributed by atoms with Gasteiger partial charge in [-0.15, -0.1) is 0 Å². The molecule has 0 saturated carbocycles. The Labute approximate surface area is 186 Å². The number of benzene rings is 2. The number of nitrogens with zero attached hydrogens (tertiary/aromatic N) is 2. The molecular formula is C24H20F3N3O3. The predicted octanol–water partition coefficient (Wildman–Crippen LogP) is 4.84. The summed E-state index contributed by atoms with van der Waals surface area (Å²) in [6.07, 6.45) is 5.82. The van der Waals surface area contributed by atoms with E-state index in [1.165, 1.54) is 41.1 Å². The number of halogens is 3. The number of nitrogens with one attached hydrogen (secondary N) is 1. The second-order valence-corrected chi connectivity index (χ2v) is 8.02. The lowest BCUT2D eigenvalue weighted by Gasteiger charge is -2.27. The second-order valence-electron chi connectivity index (χ2n) is 8.02. The van der Waals surface area contributed by atoms with Gasteiger partial charge in [-0.25, -0.2) is 4.39 Å². The Morgan fingerprint density at radius 2 is 1.79 bits per heavy atom. The average molecular weight is 455 g/mol. The molecule has 1 aliphatic rings. The summed E-state index contributed by atoms with van der Waals surface area (Å²) in [6, 6.07) is 8.15. The van der Waals surface area contributed by atoms with Crippen molar-refractivity contribution >= 4 is 27.6 Å². The van der Waals surface area contributed by atoms with Gasteiger partial charge in [0.05, 0.1) is 22.2 Å². The third-order valence-electron chi connectivity index (χ3n) is 5.96. The largest absolute Gasteiger partial charge is 0.435 e. The minimum atomic E-state index is -3.06. The fourth-order valence-corrected chi connectivity index (χ4v) is 4.43. The summed E-state index contributed by atoms with van der Waals surface area (Å²) in [5.41, 5.74) is 0.387. The Hall–Kier alpha value is -3.75. The Balaban J connectivity index is 1.78. The zero-order valence-corrected chi connectivity index (χ0v) is 17.5. The summed E-state index contributed by atoms with van der Waals surface area (Å²) in [4.78, 5) is 31.5. The van der Waals surface area contributed by atoms with E-state index in [2.05, 4.69) is 9.72 Å². The molecule has 3 heterocycles. The second kappa shape index (κ2) is 8.31. The predicted molar refractivity (Wildman–Crippen MR) is 118 cm³/mol. The molecule has 0 bridgehead atoms. The first kappa shape index (κ1) is 21.1. The minimum absolute atomic E-state index is 0.0314. The molecule has 0 unspecified atom stereocenters. The van der Waals surface area contributed by atoms with Crippen LogP contribution in [0.15, 0.2) is 53.6 Å². The number of alkyl halides is 2. The molecule has 5 rings (SSSR count). The van der Waals surface area contributed by atoms with Crippen molar-refractivity contribution in [2.24, 2.45) is 0 Å². The number of aromatic amines is 1. The number of pyridine rings is 1. The molecule has 4 aromatic rings. The van der Waals surface area contributed by atoms with Crippen LogP contribution in [0.4, 0.5) is 13.2 Å². The van der Waals surface area contributed by atoms with E-state index in [0.29, 0.717) is 29.4 Å². The molecule has 2 aromatic heterocycles. The first-order valence-electron chi connectivity index (χ1n) is 10.6. The van der Waals surface area contributed by atoms with Gasteiger partial charge >= 0.3 is 6.61 Å². The molecular weight excluding hydrogens is 435 g/mol. The van der Waals surface area contributed by atoms with Gasteiger partial charge in [-0.1, -0.05) is 0 Å². The molecule has 170 valence electrons. The van der Waals surface area contributed by atoms with Gasteiger partial charge in [0.1, 0.15) is 11.6 Å². The van der Waals surface area contributed by atoms with Crippen LogP contribution in [0.5, 0.6) is 5.75 Å². The van der Waals surface area contributed by atoms with Crippen LogP contribution in [0.25, 0.3) is 27.4 Å². The lowest BCUT2D eigenvalue weighted by Crippen LogP contribution is -2.36. The van der Waals surface area contributed by atoms with E-state index in [9.17, 15) is 22.8 Å². The molecule has 2 aromatic carbocycles. The molecule has 6 nitrogen and oxygen atoms in total. The average Bonchev–Trinajstić information content (AvgIpc) is 3.27. The van der Waals surface area contributed by atoms with Crippen molar-refractivity contribution in [3.8, 4) is 11.4 Å². The van der Waals surface area contributed by atoms with Gasteiger partial charge in [0, 0.05) is 36.3 Å². The number of aromatic nitrogens is 2. The van der Waals surface area contributed by atoms with Crippen LogP contribution in [0.1, 0.15) is 29.6 Å². The number of fused-ring (bicyclic) bond motifs is 2. The van der Waals surface area contributed by atoms with Crippen LogP contribution in [-0.2, 0) is 0 Å². The van der Waals surface area contributed by atoms with Crippen LogP contribution in [-0.4, -0.2) is 40.1 Å². The zero-order chi connectivity index (χ0) is 23.1. The van der Waals surface area contributed by atoms with Crippen molar-refractivity contribution in [2.45, 2.75) is 25.9 Å². The van der Waals surface area contributed by atoms with Crippen LogP contribution >= 0.6 is 0 Å². The highest BCUT2D eigenvalue weighted by atomic mass is 19.3. The van der Waals surface area contributed by atoms with E-state index in [4.69, 9.17) is 0 Å². The number of likely N-dealkylation sites (tertiary alicyclic amines) is 1. The van der Waals surface area contributed by atoms with Crippen molar-refractivity contribution in [3.05, 3.63) is 70.5 Å². The third kappa shape index (κ3) is 3.83. The molecule has 1 aliphatic heterocycles. The summed E-state index contributed by atoms with van der Waals surface area (Å²) in [6.45, 7) is -1.88. The highest BCUT2D eigenvalue weighted by Crippen LogP contribution is 2.28. The van der Waals surface area contributed by atoms with E-state index in [0.717, 1.165) is 19.3 Å². The highest BCUT2D eigenvalue weighted by molar-refractivity contribution is 6.07. The van der Waals surface area contributed by atoms with E-state index in [-0.39, 0.29) is 28.3 Å². The minimum Gasteiger partial charge on any atom is -0.435 e. The lowest BCUT2D eigenvalue weighted by molar-refractivity contribution is -0.0497. The number of rotatable bonds is 4. The molecule has 9 heteroatoms. The first-order chi connectivity index (χ1) is 15.9. The van der Waals surface area contributed by atoms with Gasteiger partial charge in [0.15, 0.2) is 0 Å². The Kier molecular flexibility index (Phi) is 5.32. The smallest absolute Gasteiger partial charge is 0.387 e. The maximum atomic E-state index is 14.3. The zero-order valence-electron chi connectivity index (χ0n) is 17.5. The number of hydrogen-bond donors (Lipinski definition) is 1. The molecule has 1 fully saturated rings. The van der Waals surface area contributed by atoms with Gasteiger partial charge in [-0.05, 0) is 55.7 Å². The van der Waals surface area contributed by atoms with Crippen molar-refractivity contribution in [3.63, 3.8) is 0 Å². The number of hydrogen-bond acceptors (Lipinski definition) is 3. The first-order valence-corrected chi connectivity index (χ1v) is 10.6. The van der Waals surface area contributed by atoms with Crippen molar-refractivity contribution in [1.82, 2.24) is 14.5 Å². The van der Waals surface area contributed by atoms with Crippen LogP contribution in [0.3, 0.4) is 0 Å². The van der Waals surface area contributed by atoms with Crippen molar-refractivity contribution in [2.75, 3.05) is 13.1 Å². The Morgan fingerprint density at radius 3 is 2.55 bits per heavy atom. The van der Waals surface area contributed by atoms with Crippen molar-refractivity contribution < 1.29 is 22.7 Å². The summed E-state index contributed by atoms with van der Waals surface area (Å²) in [5.74, 6) is -1.03. The quantitative estimate of drug-likeness (QED) is 0.479. The van der Waals surface area contributed by atoms with Gasteiger partial charge in [-0.2, -0.15) is 8.78 Å². The third-order valence-corrected chi connectivity index (χ3v) is 5.96. The van der Waals surface area contributed by atoms with Gasteiger partial charge < -0.3 is 14.6 Å². The number of carbonyl (C=O) groups excluding carboxylic acids is 1. The van der Waals surface area contributed by atoms with Crippen molar-refractivity contribution in [1.29, 1.82) is 0 Å². The molecule has 0 spiro atoms. The normalized spacial score (nSPS) is 14.4. The molecule has 1 saturated heterocycles. The van der Waals surface area contributed by atoms with Gasteiger partial charge in [0.25, 0.3) is 11.5 Å². The number of H-pyrrole nitrogens is 1. The number of amides is 1. The maximum Gasteiger partial charge on any atom is 0.387 e. The molecule has 0 atom stereocenters. The highest BCUT2D eigenvalue weighted by Gasteiger charge is 2.23. The SMILES string of the molecule is O=C(c1cn(-c2cc(F)cc3[nH]ccc23)c(=O)c2cc(OC(F)F)ccc12)N1CCCCC1. The molecule has 1 N–H and O–H groups in total. The number of ether oxygens (including phenoxy) is 1. The molecule has 0 radical (unpaired) electrons.